The predicted octanol–water partition coefficient (Wildman–Crippen LogP) is 6.71. The highest BCUT2D eigenvalue weighted by Gasteiger charge is 2.13. The Labute approximate surface area is 199 Å². The van der Waals surface area contributed by atoms with Crippen molar-refractivity contribution in [3.8, 4) is 11.8 Å². The van der Waals surface area contributed by atoms with Crippen molar-refractivity contribution in [3.05, 3.63) is 120 Å². The number of hydrogen-bond acceptors (Lipinski definition) is 4. The van der Waals surface area contributed by atoms with E-state index in [-0.39, 0.29) is 5.57 Å². The van der Waals surface area contributed by atoms with Crippen LogP contribution in [0.2, 0.25) is 0 Å². The zero-order chi connectivity index (χ0) is 23.8. The molecular weight excluding hydrogens is 422 g/mol. The van der Waals surface area contributed by atoms with Gasteiger partial charge < -0.3 is 15.0 Å². The summed E-state index contributed by atoms with van der Waals surface area (Å²) in [4.78, 5) is 14.8. The van der Waals surface area contributed by atoms with Crippen molar-refractivity contribution in [2.45, 2.75) is 0 Å². The van der Waals surface area contributed by atoms with Crippen molar-refractivity contribution >= 4 is 34.7 Å². The zero-order valence-corrected chi connectivity index (χ0v) is 18.7. The van der Waals surface area contributed by atoms with Gasteiger partial charge in [0.1, 0.15) is 17.4 Å². The number of methoxy groups -OCH3 is 1. The fraction of sp³-hybridized carbons (Fsp3) is 0.0345. The average Bonchev–Trinajstić information content (AvgIpc) is 2.89. The molecule has 0 heterocycles. The van der Waals surface area contributed by atoms with Crippen LogP contribution in [0.15, 0.2) is 115 Å². The molecule has 0 atom stereocenters. The van der Waals surface area contributed by atoms with E-state index in [0.717, 1.165) is 22.6 Å². The van der Waals surface area contributed by atoms with Gasteiger partial charge in [-0.25, -0.2) is 0 Å². The lowest BCUT2D eigenvalue weighted by molar-refractivity contribution is -0.112. The molecule has 0 fully saturated rings. The molecule has 1 amide bonds. The second-order valence-corrected chi connectivity index (χ2v) is 7.45. The van der Waals surface area contributed by atoms with Crippen LogP contribution in [0.4, 0.5) is 22.7 Å². The number of rotatable bonds is 7. The van der Waals surface area contributed by atoms with Gasteiger partial charge in [0, 0.05) is 28.8 Å². The number of nitriles is 1. The Kier molecular flexibility index (Phi) is 7.02. The molecule has 4 aromatic carbocycles. The van der Waals surface area contributed by atoms with Gasteiger partial charge in [-0.05, 0) is 60.2 Å². The first-order chi connectivity index (χ1) is 16.7. The summed E-state index contributed by atoms with van der Waals surface area (Å²) in [5, 5.41) is 12.3. The summed E-state index contributed by atoms with van der Waals surface area (Å²) in [6, 6.07) is 36.9. The van der Waals surface area contributed by atoms with Crippen LogP contribution >= 0.6 is 0 Å². The largest absolute Gasteiger partial charge is 0.497 e. The van der Waals surface area contributed by atoms with Crippen LogP contribution in [-0.4, -0.2) is 13.0 Å². The summed E-state index contributed by atoms with van der Waals surface area (Å²) in [6.07, 6.45) is 1.58. The molecule has 0 aliphatic carbocycles. The molecule has 0 aliphatic rings. The second-order valence-electron chi connectivity index (χ2n) is 7.45. The topological polar surface area (TPSA) is 65.4 Å². The first kappa shape index (κ1) is 22.4. The number of para-hydroxylation sites is 2. The maximum absolute atomic E-state index is 12.6. The van der Waals surface area contributed by atoms with Gasteiger partial charge in [-0.15, -0.1) is 0 Å². The molecule has 0 saturated carbocycles. The molecule has 0 spiro atoms. The number of ether oxygens (including phenoxy) is 1. The summed E-state index contributed by atoms with van der Waals surface area (Å²) in [5.41, 5.74) is 4.36. The SMILES string of the molecule is COc1cccc(NC(=O)/C(C#N)=C\c2ccc(N(c3ccccc3)c3ccccc3)cc2)c1. The lowest BCUT2D eigenvalue weighted by Crippen LogP contribution is -2.13. The Morgan fingerprint density at radius 2 is 1.41 bits per heavy atom. The van der Waals surface area contributed by atoms with E-state index in [1.165, 1.54) is 0 Å². The Morgan fingerprint density at radius 1 is 0.824 bits per heavy atom. The third-order valence-corrected chi connectivity index (χ3v) is 5.18. The molecule has 5 nitrogen and oxygen atoms in total. The fourth-order valence-corrected chi connectivity index (χ4v) is 3.54. The highest BCUT2D eigenvalue weighted by atomic mass is 16.5. The Balaban J connectivity index is 1.59. The van der Waals surface area contributed by atoms with E-state index in [1.807, 2.05) is 66.7 Å². The van der Waals surface area contributed by atoms with Gasteiger partial charge in [-0.3, -0.25) is 4.79 Å². The van der Waals surface area contributed by atoms with E-state index in [4.69, 9.17) is 4.74 Å². The third kappa shape index (κ3) is 5.32. The maximum Gasteiger partial charge on any atom is 0.266 e. The minimum atomic E-state index is -0.477. The summed E-state index contributed by atoms with van der Waals surface area (Å²) in [5.74, 6) is 0.146. The van der Waals surface area contributed by atoms with Gasteiger partial charge in [0.2, 0.25) is 0 Å². The van der Waals surface area contributed by atoms with Gasteiger partial charge in [-0.2, -0.15) is 5.26 Å². The van der Waals surface area contributed by atoms with Gasteiger partial charge in [0.15, 0.2) is 0 Å². The molecule has 34 heavy (non-hydrogen) atoms. The number of carbonyl (C=O) groups excluding carboxylic acids is 1. The second kappa shape index (κ2) is 10.7. The van der Waals surface area contributed by atoms with Crippen LogP contribution in [0.5, 0.6) is 5.75 Å². The number of amides is 1. The van der Waals surface area contributed by atoms with Crippen LogP contribution in [0.1, 0.15) is 5.56 Å². The Hall–Kier alpha value is -4.82. The molecule has 0 aromatic heterocycles. The maximum atomic E-state index is 12.6. The summed E-state index contributed by atoms with van der Waals surface area (Å²) >= 11 is 0. The average molecular weight is 446 g/mol. The summed E-state index contributed by atoms with van der Waals surface area (Å²) in [6.45, 7) is 0. The first-order valence-electron chi connectivity index (χ1n) is 10.8. The van der Waals surface area contributed by atoms with Gasteiger partial charge >= 0.3 is 0 Å². The molecule has 0 bridgehead atoms. The highest BCUT2D eigenvalue weighted by molar-refractivity contribution is 6.09. The normalized spacial score (nSPS) is 10.8. The number of nitrogens with zero attached hydrogens (tertiary/aromatic N) is 2. The van der Waals surface area contributed by atoms with Crippen molar-refractivity contribution < 1.29 is 9.53 Å². The van der Waals surface area contributed by atoms with Crippen LogP contribution in [0, 0.1) is 11.3 Å². The molecule has 4 rings (SSSR count). The van der Waals surface area contributed by atoms with Gasteiger partial charge in [0.05, 0.1) is 7.11 Å². The van der Waals surface area contributed by atoms with E-state index < -0.39 is 5.91 Å². The van der Waals surface area contributed by atoms with Crippen LogP contribution in [0.25, 0.3) is 6.08 Å². The summed E-state index contributed by atoms with van der Waals surface area (Å²) < 4.78 is 5.18. The fourth-order valence-electron chi connectivity index (χ4n) is 3.54. The minimum Gasteiger partial charge on any atom is -0.497 e. The first-order valence-corrected chi connectivity index (χ1v) is 10.8. The van der Waals surface area contributed by atoms with Crippen LogP contribution in [-0.2, 0) is 4.79 Å². The molecule has 0 unspecified atom stereocenters. The molecule has 166 valence electrons. The lowest BCUT2D eigenvalue weighted by Gasteiger charge is -2.25. The van der Waals surface area contributed by atoms with Crippen LogP contribution < -0.4 is 15.0 Å². The molecule has 0 saturated heterocycles. The van der Waals surface area contributed by atoms with Gasteiger partial charge in [0.25, 0.3) is 5.91 Å². The number of anilines is 4. The number of carbonyl (C=O) groups is 1. The molecule has 0 aliphatic heterocycles. The lowest BCUT2D eigenvalue weighted by atomic mass is 10.1. The van der Waals surface area contributed by atoms with Crippen molar-refractivity contribution in [1.82, 2.24) is 0 Å². The molecule has 4 aromatic rings. The Morgan fingerprint density at radius 3 is 1.97 bits per heavy atom. The van der Waals surface area contributed by atoms with E-state index in [0.29, 0.717) is 11.4 Å². The van der Waals surface area contributed by atoms with Crippen molar-refractivity contribution in [3.63, 3.8) is 0 Å². The third-order valence-electron chi connectivity index (χ3n) is 5.18. The van der Waals surface area contributed by atoms with Crippen molar-refractivity contribution in [2.75, 3.05) is 17.3 Å². The van der Waals surface area contributed by atoms with Crippen molar-refractivity contribution in [1.29, 1.82) is 5.26 Å². The smallest absolute Gasteiger partial charge is 0.266 e. The molecule has 5 heteroatoms. The standard InChI is InChI=1S/C29H23N3O2/c1-34-28-14-8-9-24(20-28)31-29(33)23(21-30)19-22-15-17-27(18-16-22)32(25-10-4-2-5-11-25)26-12-6-3-7-13-26/h2-20H,1H3,(H,31,33)/b23-19-. The molecule has 0 radical (unpaired) electrons. The van der Waals surface area contributed by atoms with E-state index in [2.05, 4.69) is 34.5 Å². The van der Waals surface area contributed by atoms with E-state index >= 15 is 0 Å². The number of nitrogens with one attached hydrogen (secondary N) is 1. The number of benzene rings is 4. The monoisotopic (exact) mass is 445 g/mol. The zero-order valence-electron chi connectivity index (χ0n) is 18.7. The van der Waals surface area contributed by atoms with Crippen molar-refractivity contribution in [2.24, 2.45) is 0 Å². The molecule has 1 N–H and O–H groups in total. The Bertz CT molecular complexity index is 1290. The number of hydrogen-bond donors (Lipinski definition) is 1. The van der Waals surface area contributed by atoms with Crippen LogP contribution in [0.3, 0.4) is 0 Å². The highest BCUT2D eigenvalue weighted by Crippen LogP contribution is 2.34. The summed E-state index contributed by atoms with van der Waals surface area (Å²) in [7, 11) is 1.56. The molecular formula is C29H23N3O2. The van der Waals surface area contributed by atoms with E-state index in [1.54, 1.807) is 37.5 Å². The van der Waals surface area contributed by atoms with Gasteiger partial charge in [-0.1, -0.05) is 54.6 Å². The minimum absolute atomic E-state index is 0.0125. The van der Waals surface area contributed by atoms with E-state index in [9.17, 15) is 10.1 Å². The quantitative estimate of drug-likeness (QED) is 0.254. The predicted molar refractivity (Wildman–Crippen MR) is 136 cm³/mol.